The Morgan fingerprint density at radius 3 is 3.36 bits per heavy atom. The minimum absolute atomic E-state index is 0.350. The monoisotopic (exact) mass is 147 g/mol. The van der Waals surface area contributed by atoms with Crippen LogP contribution in [0.1, 0.15) is 11.3 Å². The highest BCUT2D eigenvalue weighted by Gasteiger charge is 2.10. The molecule has 1 aliphatic rings. The van der Waals surface area contributed by atoms with Crippen LogP contribution < -0.4 is 0 Å². The predicted molar refractivity (Wildman–Crippen MR) is 43.0 cm³/mol. The zero-order valence-corrected chi connectivity index (χ0v) is 6.07. The number of aliphatic hydroxyl groups excluding tert-OH is 1. The lowest BCUT2D eigenvalue weighted by molar-refractivity contribution is 0.222. The fourth-order valence-corrected chi connectivity index (χ4v) is 1.25. The van der Waals surface area contributed by atoms with Gasteiger partial charge in [-0.25, -0.2) is 0 Å². The Bertz CT molecular complexity index is 293. The maximum Gasteiger partial charge on any atom is 0.0779 e. The van der Waals surface area contributed by atoms with E-state index in [4.69, 9.17) is 0 Å². The second-order valence-electron chi connectivity index (χ2n) is 2.67. The molecule has 0 aromatic carbocycles. The van der Waals surface area contributed by atoms with Crippen molar-refractivity contribution >= 4 is 6.08 Å². The largest absolute Gasteiger partial charge is 0.389 e. The number of aromatic nitrogens is 1. The number of hydrogen-bond acceptors (Lipinski definition) is 2. The van der Waals surface area contributed by atoms with Crippen molar-refractivity contribution in [2.45, 2.75) is 12.5 Å². The van der Waals surface area contributed by atoms with Crippen molar-refractivity contribution in [3.63, 3.8) is 0 Å². The second kappa shape index (κ2) is 2.47. The molecule has 1 heterocycles. The molecule has 0 saturated carbocycles. The summed E-state index contributed by atoms with van der Waals surface area (Å²) in [5.74, 6) is 0. The van der Waals surface area contributed by atoms with Crippen molar-refractivity contribution in [1.29, 1.82) is 0 Å². The fourth-order valence-electron chi connectivity index (χ4n) is 1.25. The molecule has 1 atom stereocenters. The van der Waals surface area contributed by atoms with Crippen LogP contribution in [0, 0.1) is 0 Å². The summed E-state index contributed by atoms with van der Waals surface area (Å²) >= 11 is 0. The number of hydrogen-bond donors (Lipinski definition) is 1. The molecule has 0 radical (unpaired) electrons. The first-order valence-corrected chi connectivity index (χ1v) is 3.66. The van der Waals surface area contributed by atoms with Crippen LogP contribution in [0.2, 0.25) is 0 Å². The van der Waals surface area contributed by atoms with E-state index in [1.165, 1.54) is 0 Å². The molecule has 0 fully saturated rings. The van der Waals surface area contributed by atoms with Crippen LogP contribution in [0.4, 0.5) is 0 Å². The molecule has 0 unspecified atom stereocenters. The Hall–Kier alpha value is -1.15. The van der Waals surface area contributed by atoms with Gasteiger partial charge in [-0.1, -0.05) is 18.2 Å². The number of fused-ring (bicyclic) bond motifs is 1. The van der Waals surface area contributed by atoms with Gasteiger partial charge >= 0.3 is 0 Å². The maximum atomic E-state index is 9.23. The highest BCUT2D eigenvalue weighted by Crippen LogP contribution is 2.15. The van der Waals surface area contributed by atoms with Crippen molar-refractivity contribution in [1.82, 2.24) is 4.98 Å². The molecule has 0 bridgehead atoms. The summed E-state index contributed by atoms with van der Waals surface area (Å²) in [5.41, 5.74) is 2.11. The smallest absolute Gasteiger partial charge is 0.0779 e. The molecule has 11 heavy (non-hydrogen) atoms. The summed E-state index contributed by atoms with van der Waals surface area (Å²) in [4.78, 5) is 4.16. The minimum atomic E-state index is -0.350. The van der Waals surface area contributed by atoms with Gasteiger partial charge in [-0.15, -0.1) is 0 Å². The van der Waals surface area contributed by atoms with E-state index < -0.39 is 0 Å². The lowest BCUT2D eigenvalue weighted by atomic mass is 10.0. The van der Waals surface area contributed by atoms with Gasteiger partial charge in [0.15, 0.2) is 0 Å². The van der Waals surface area contributed by atoms with Gasteiger partial charge in [0.25, 0.3) is 0 Å². The molecular formula is C9H9NO. The van der Waals surface area contributed by atoms with Crippen LogP contribution in [-0.4, -0.2) is 16.2 Å². The highest BCUT2D eigenvalue weighted by atomic mass is 16.3. The average Bonchev–Trinajstić information content (AvgIpc) is 2.04. The van der Waals surface area contributed by atoms with Gasteiger partial charge in [-0.05, 0) is 11.6 Å². The van der Waals surface area contributed by atoms with Gasteiger partial charge in [0.1, 0.15) is 0 Å². The minimum Gasteiger partial charge on any atom is -0.389 e. The summed E-state index contributed by atoms with van der Waals surface area (Å²) in [6, 6.07) is 3.91. The summed E-state index contributed by atoms with van der Waals surface area (Å²) in [6.07, 6.45) is 5.76. The molecule has 2 heteroatoms. The SMILES string of the molecule is O[C@@H]1C=Cc2cccnc2C1. The van der Waals surface area contributed by atoms with Crippen molar-refractivity contribution in [2.75, 3.05) is 0 Å². The van der Waals surface area contributed by atoms with Crippen LogP contribution in [0.25, 0.3) is 6.08 Å². The Morgan fingerprint density at radius 2 is 2.45 bits per heavy atom. The van der Waals surface area contributed by atoms with Crippen LogP contribution in [-0.2, 0) is 6.42 Å². The summed E-state index contributed by atoms with van der Waals surface area (Å²) in [5, 5.41) is 9.23. The summed E-state index contributed by atoms with van der Waals surface area (Å²) in [7, 11) is 0. The zero-order valence-electron chi connectivity index (χ0n) is 6.07. The lowest BCUT2D eigenvalue weighted by Gasteiger charge is -2.12. The Morgan fingerprint density at radius 1 is 1.55 bits per heavy atom. The average molecular weight is 147 g/mol. The molecule has 2 nitrogen and oxygen atoms in total. The Balaban J connectivity index is 2.46. The third-order valence-corrected chi connectivity index (χ3v) is 1.83. The van der Waals surface area contributed by atoms with Crippen LogP contribution in [0.15, 0.2) is 24.4 Å². The van der Waals surface area contributed by atoms with E-state index in [-0.39, 0.29) is 6.10 Å². The maximum absolute atomic E-state index is 9.23. The molecule has 0 amide bonds. The van der Waals surface area contributed by atoms with E-state index in [9.17, 15) is 5.11 Å². The summed E-state index contributed by atoms with van der Waals surface area (Å²) < 4.78 is 0. The van der Waals surface area contributed by atoms with E-state index in [0.717, 1.165) is 11.3 Å². The third-order valence-electron chi connectivity index (χ3n) is 1.83. The quantitative estimate of drug-likeness (QED) is 0.594. The molecular weight excluding hydrogens is 138 g/mol. The van der Waals surface area contributed by atoms with E-state index >= 15 is 0 Å². The van der Waals surface area contributed by atoms with Crippen molar-refractivity contribution in [3.05, 3.63) is 35.7 Å². The Labute approximate surface area is 65.2 Å². The lowest BCUT2D eigenvalue weighted by Crippen LogP contribution is -2.12. The topological polar surface area (TPSA) is 33.1 Å². The predicted octanol–water partition coefficient (Wildman–Crippen LogP) is 1.01. The normalized spacial score (nSPS) is 21.4. The van der Waals surface area contributed by atoms with Crippen molar-refractivity contribution < 1.29 is 5.11 Å². The molecule has 0 aliphatic heterocycles. The fraction of sp³-hybridized carbons (Fsp3) is 0.222. The zero-order chi connectivity index (χ0) is 7.68. The highest BCUT2D eigenvalue weighted by molar-refractivity contribution is 5.54. The molecule has 56 valence electrons. The van der Waals surface area contributed by atoms with E-state index in [2.05, 4.69) is 4.98 Å². The molecule has 0 saturated heterocycles. The van der Waals surface area contributed by atoms with E-state index in [1.54, 1.807) is 12.3 Å². The number of pyridine rings is 1. The van der Waals surface area contributed by atoms with Crippen LogP contribution >= 0.6 is 0 Å². The third kappa shape index (κ3) is 1.17. The molecule has 2 rings (SSSR count). The van der Waals surface area contributed by atoms with Crippen molar-refractivity contribution in [2.24, 2.45) is 0 Å². The molecule has 1 aromatic heterocycles. The van der Waals surface area contributed by atoms with Crippen molar-refractivity contribution in [3.8, 4) is 0 Å². The van der Waals surface area contributed by atoms with Gasteiger partial charge in [-0.2, -0.15) is 0 Å². The van der Waals surface area contributed by atoms with Gasteiger partial charge in [-0.3, -0.25) is 4.98 Å². The van der Waals surface area contributed by atoms with Crippen LogP contribution in [0.3, 0.4) is 0 Å². The molecule has 1 aromatic rings. The van der Waals surface area contributed by atoms with E-state index in [0.29, 0.717) is 6.42 Å². The number of nitrogens with zero attached hydrogens (tertiary/aromatic N) is 1. The van der Waals surface area contributed by atoms with Gasteiger partial charge in [0.05, 0.1) is 11.8 Å². The van der Waals surface area contributed by atoms with Gasteiger partial charge < -0.3 is 5.11 Å². The van der Waals surface area contributed by atoms with E-state index in [1.807, 2.05) is 18.2 Å². The first kappa shape index (κ1) is 6.55. The van der Waals surface area contributed by atoms with Crippen LogP contribution in [0.5, 0.6) is 0 Å². The van der Waals surface area contributed by atoms with Gasteiger partial charge in [0.2, 0.25) is 0 Å². The Kier molecular flexibility index (Phi) is 1.47. The molecule has 1 aliphatic carbocycles. The number of aliphatic hydroxyl groups is 1. The summed E-state index contributed by atoms with van der Waals surface area (Å²) in [6.45, 7) is 0. The molecule has 0 spiro atoms. The molecule has 1 N–H and O–H groups in total. The number of rotatable bonds is 0. The standard InChI is InChI=1S/C9H9NO/c11-8-4-3-7-2-1-5-10-9(7)6-8/h1-5,8,11H,6H2/t8-/m1/s1. The van der Waals surface area contributed by atoms with Gasteiger partial charge in [0, 0.05) is 12.6 Å². The first-order chi connectivity index (χ1) is 5.36. The second-order valence-corrected chi connectivity index (χ2v) is 2.67. The first-order valence-electron chi connectivity index (χ1n) is 3.66.